The topological polar surface area (TPSA) is 155 Å². The van der Waals surface area contributed by atoms with E-state index in [9.17, 15) is 23.3 Å². The summed E-state index contributed by atoms with van der Waals surface area (Å²) in [5.74, 6) is -0.528. The van der Waals surface area contributed by atoms with E-state index in [1.807, 2.05) is 39.0 Å². The minimum atomic E-state index is -4.21. The normalized spacial score (nSPS) is 12.3. The molecule has 39 heavy (non-hydrogen) atoms. The van der Waals surface area contributed by atoms with Gasteiger partial charge in [-0.1, -0.05) is 19.1 Å². The summed E-state index contributed by atoms with van der Waals surface area (Å²) in [7, 11) is -2.69. The molecule has 3 aromatic rings. The number of hydrogen-bond acceptors (Lipinski definition) is 8. The predicted molar refractivity (Wildman–Crippen MR) is 145 cm³/mol. The van der Waals surface area contributed by atoms with Crippen LogP contribution in [-0.4, -0.2) is 55.3 Å². The SMILES string of the molecule is CCC(C)NS(=O)(=O)c1cc([N+](=O)[O-])ccc1Oc1c(C)c(C(=O)NCCOC)nn1-c1cc(C)ccc1C. The van der Waals surface area contributed by atoms with Crippen LogP contribution in [0.5, 0.6) is 11.6 Å². The number of nitrogens with one attached hydrogen (secondary N) is 2. The molecule has 210 valence electrons. The quantitative estimate of drug-likeness (QED) is 0.192. The number of amides is 1. The van der Waals surface area contributed by atoms with E-state index >= 15 is 0 Å². The van der Waals surface area contributed by atoms with E-state index in [1.165, 1.54) is 17.9 Å². The van der Waals surface area contributed by atoms with Crippen LogP contribution in [0.25, 0.3) is 5.69 Å². The summed E-state index contributed by atoms with van der Waals surface area (Å²) in [6.45, 7) is 9.46. The van der Waals surface area contributed by atoms with Gasteiger partial charge in [0.15, 0.2) is 5.69 Å². The Morgan fingerprint density at radius 3 is 2.54 bits per heavy atom. The highest BCUT2D eigenvalue weighted by Gasteiger charge is 2.28. The molecule has 13 heteroatoms. The molecule has 1 aromatic heterocycles. The summed E-state index contributed by atoms with van der Waals surface area (Å²) in [5.41, 5.74) is 2.39. The van der Waals surface area contributed by atoms with Gasteiger partial charge in [-0.05, 0) is 57.4 Å². The molecule has 0 saturated heterocycles. The van der Waals surface area contributed by atoms with Gasteiger partial charge in [0.1, 0.15) is 10.6 Å². The largest absolute Gasteiger partial charge is 0.437 e. The zero-order valence-corrected chi connectivity index (χ0v) is 23.6. The van der Waals surface area contributed by atoms with Crippen LogP contribution in [0, 0.1) is 30.9 Å². The highest BCUT2D eigenvalue weighted by atomic mass is 32.2. The van der Waals surface area contributed by atoms with Gasteiger partial charge in [-0.25, -0.2) is 13.1 Å². The van der Waals surface area contributed by atoms with E-state index < -0.39 is 37.5 Å². The molecule has 2 aromatic carbocycles. The first-order valence-corrected chi connectivity index (χ1v) is 13.8. The number of benzene rings is 2. The Kier molecular flexibility index (Phi) is 9.43. The molecule has 0 radical (unpaired) electrons. The van der Waals surface area contributed by atoms with Crippen molar-refractivity contribution in [3.05, 3.63) is 68.9 Å². The van der Waals surface area contributed by atoms with E-state index in [-0.39, 0.29) is 23.9 Å². The molecule has 1 atom stereocenters. The molecule has 3 rings (SSSR count). The number of nitrogens with zero attached hydrogens (tertiary/aromatic N) is 3. The smallest absolute Gasteiger partial charge is 0.272 e. The molecule has 0 bridgehead atoms. The van der Waals surface area contributed by atoms with Gasteiger partial charge in [0.05, 0.1) is 17.2 Å². The third-order valence-corrected chi connectivity index (χ3v) is 7.68. The lowest BCUT2D eigenvalue weighted by atomic mass is 10.1. The number of ether oxygens (including phenoxy) is 2. The maximum absolute atomic E-state index is 13.3. The molecule has 12 nitrogen and oxygen atoms in total. The van der Waals surface area contributed by atoms with Gasteiger partial charge >= 0.3 is 0 Å². The van der Waals surface area contributed by atoms with Gasteiger partial charge in [-0.2, -0.15) is 9.78 Å². The lowest BCUT2D eigenvalue weighted by molar-refractivity contribution is -0.385. The Labute approximate surface area is 227 Å². The predicted octanol–water partition coefficient (Wildman–Crippen LogP) is 3.95. The van der Waals surface area contributed by atoms with Gasteiger partial charge in [-0.15, -0.1) is 0 Å². The summed E-state index contributed by atoms with van der Waals surface area (Å²) in [6.07, 6.45) is 0.504. The van der Waals surface area contributed by atoms with Crippen molar-refractivity contribution in [3.63, 3.8) is 0 Å². The fourth-order valence-corrected chi connectivity index (χ4v) is 5.17. The van der Waals surface area contributed by atoms with Crippen molar-refractivity contribution in [3.8, 4) is 17.3 Å². The number of nitro benzene ring substituents is 1. The zero-order chi connectivity index (χ0) is 28.9. The zero-order valence-electron chi connectivity index (χ0n) is 22.8. The molecule has 2 N–H and O–H groups in total. The number of nitro groups is 1. The van der Waals surface area contributed by atoms with Crippen molar-refractivity contribution in [2.45, 2.75) is 52.0 Å². The van der Waals surface area contributed by atoms with E-state index in [0.717, 1.165) is 23.3 Å². The molecular weight excluding hydrogens is 526 g/mol. The van der Waals surface area contributed by atoms with Gasteiger partial charge in [0.2, 0.25) is 15.9 Å². The minimum absolute atomic E-state index is 0.0751. The summed E-state index contributed by atoms with van der Waals surface area (Å²) in [6, 6.07) is 8.58. The van der Waals surface area contributed by atoms with Gasteiger partial charge in [0, 0.05) is 37.4 Å². The van der Waals surface area contributed by atoms with E-state index in [2.05, 4.69) is 15.1 Å². The molecule has 0 spiro atoms. The molecule has 0 aliphatic carbocycles. The van der Waals surface area contributed by atoms with Crippen LogP contribution in [0.15, 0.2) is 41.3 Å². The number of hydrogen-bond donors (Lipinski definition) is 2. The van der Waals surface area contributed by atoms with Crippen molar-refractivity contribution in [2.24, 2.45) is 0 Å². The Morgan fingerprint density at radius 2 is 1.90 bits per heavy atom. The fraction of sp³-hybridized carbons (Fsp3) is 0.385. The minimum Gasteiger partial charge on any atom is -0.437 e. The average Bonchev–Trinajstić information content (AvgIpc) is 3.20. The second kappa shape index (κ2) is 12.4. The van der Waals surface area contributed by atoms with E-state index in [1.54, 1.807) is 13.8 Å². The van der Waals surface area contributed by atoms with Crippen LogP contribution in [0.2, 0.25) is 0 Å². The van der Waals surface area contributed by atoms with Crippen LogP contribution in [0.4, 0.5) is 5.69 Å². The van der Waals surface area contributed by atoms with Crippen LogP contribution < -0.4 is 14.8 Å². The third-order valence-electron chi connectivity index (χ3n) is 6.07. The van der Waals surface area contributed by atoms with Crippen molar-refractivity contribution >= 4 is 21.6 Å². The number of aromatic nitrogens is 2. The van der Waals surface area contributed by atoms with Gasteiger partial charge in [-0.3, -0.25) is 14.9 Å². The summed E-state index contributed by atoms with van der Waals surface area (Å²) in [5, 5.41) is 18.7. The van der Waals surface area contributed by atoms with Gasteiger partial charge in [0.25, 0.3) is 11.6 Å². The van der Waals surface area contributed by atoms with Crippen LogP contribution in [0.3, 0.4) is 0 Å². The molecular formula is C26H33N5O7S. The number of aryl methyl sites for hydroxylation is 2. The molecule has 0 saturated carbocycles. The van der Waals surface area contributed by atoms with Gasteiger partial charge < -0.3 is 14.8 Å². The second-order valence-electron chi connectivity index (χ2n) is 9.15. The Bertz CT molecular complexity index is 1480. The first-order valence-electron chi connectivity index (χ1n) is 12.3. The lowest BCUT2D eigenvalue weighted by Gasteiger charge is -2.17. The first-order chi connectivity index (χ1) is 18.4. The second-order valence-corrected chi connectivity index (χ2v) is 10.8. The average molecular weight is 560 g/mol. The van der Waals surface area contributed by atoms with Crippen LogP contribution in [0.1, 0.15) is 47.4 Å². The molecule has 1 unspecified atom stereocenters. The number of carbonyl (C=O) groups is 1. The van der Waals surface area contributed by atoms with Crippen molar-refractivity contribution in [1.82, 2.24) is 19.8 Å². The molecule has 0 aliphatic heterocycles. The number of methoxy groups -OCH3 is 1. The van der Waals surface area contributed by atoms with Crippen molar-refractivity contribution in [2.75, 3.05) is 20.3 Å². The van der Waals surface area contributed by atoms with E-state index in [4.69, 9.17) is 9.47 Å². The monoisotopic (exact) mass is 559 g/mol. The van der Waals surface area contributed by atoms with Crippen LogP contribution in [-0.2, 0) is 14.8 Å². The number of non-ortho nitro benzene ring substituents is 1. The molecule has 1 heterocycles. The maximum Gasteiger partial charge on any atom is 0.272 e. The number of sulfonamides is 1. The number of rotatable bonds is 12. The summed E-state index contributed by atoms with van der Waals surface area (Å²) >= 11 is 0. The first kappa shape index (κ1) is 29.7. The Balaban J connectivity index is 2.21. The highest BCUT2D eigenvalue weighted by molar-refractivity contribution is 7.89. The lowest BCUT2D eigenvalue weighted by Crippen LogP contribution is -2.32. The summed E-state index contributed by atoms with van der Waals surface area (Å²) < 4.78 is 41.7. The Morgan fingerprint density at radius 1 is 1.18 bits per heavy atom. The Hall–Kier alpha value is -3.81. The van der Waals surface area contributed by atoms with E-state index in [0.29, 0.717) is 24.3 Å². The van der Waals surface area contributed by atoms with Crippen molar-refractivity contribution < 1.29 is 27.6 Å². The van der Waals surface area contributed by atoms with Crippen LogP contribution >= 0.6 is 0 Å². The number of carbonyl (C=O) groups excluding carboxylic acids is 1. The molecule has 1 amide bonds. The molecule has 0 fully saturated rings. The van der Waals surface area contributed by atoms with Crippen molar-refractivity contribution in [1.29, 1.82) is 0 Å². The highest BCUT2D eigenvalue weighted by Crippen LogP contribution is 2.36. The summed E-state index contributed by atoms with van der Waals surface area (Å²) in [4.78, 5) is 23.3. The maximum atomic E-state index is 13.3. The third kappa shape index (κ3) is 6.80. The standard InChI is InChI=1S/C26H33N5O7S/c1-7-18(4)29-39(35,36)23-15-20(31(33)34)10-11-22(23)38-26-19(5)24(25(32)27-12-13-37-6)28-30(26)21-14-16(2)8-9-17(21)3/h8-11,14-15,18,29H,7,12-13H2,1-6H3,(H,27,32). The fourth-order valence-electron chi connectivity index (χ4n) is 3.70. The molecule has 0 aliphatic rings.